The van der Waals surface area contributed by atoms with Crippen molar-refractivity contribution in [1.29, 1.82) is 0 Å². The summed E-state index contributed by atoms with van der Waals surface area (Å²) in [5.41, 5.74) is 3.18. The molecule has 0 aliphatic carbocycles. The van der Waals surface area contributed by atoms with E-state index < -0.39 is 0 Å². The second kappa shape index (κ2) is 7.95. The van der Waals surface area contributed by atoms with Crippen molar-refractivity contribution in [1.82, 2.24) is 20.1 Å². The number of anilines is 1. The van der Waals surface area contributed by atoms with Crippen molar-refractivity contribution >= 4 is 11.9 Å². The van der Waals surface area contributed by atoms with Gasteiger partial charge in [0.15, 0.2) is 0 Å². The number of hydrogen-bond acceptors (Lipinski definition) is 5. The van der Waals surface area contributed by atoms with Gasteiger partial charge in [0.05, 0.1) is 0 Å². The van der Waals surface area contributed by atoms with Gasteiger partial charge < -0.3 is 15.4 Å². The number of fused-ring (bicyclic) bond motifs is 1. The Morgan fingerprint density at radius 1 is 1.14 bits per heavy atom. The van der Waals surface area contributed by atoms with Crippen LogP contribution in [0.4, 0.5) is 5.95 Å². The predicted molar refractivity (Wildman–Crippen MR) is 110 cm³/mol. The van der Waals surface area contributed by atoms with Gasteiger partial charge in [-0.1, -0.05) is 48.5 Å². The lowest BCUT2D eigenvalue weighted by atomic mass is 10.0. The largest absolute Gasteiger partial charge is 0.487 e. The first-order valence-corrected chi connectivity index (χ1v) is 9.72. The van der Waals surface area contributed by atoms with Crippen LogP contribution in [0.25, 0.3) is 0 Å². The minimum atomic E-state index is -0.175. The van der Waals surface area contributed by atoms with Gasteiger partial charge in [-0.25, -0.2) is 9.67 Å². The number of nitrogens with zero attached hydrogens (tertiary/aromatic N) is 3. The fourth-order valence-electron chi connectivity index (χ4n) is 3.44. The lowest BCUT2D eigenvalue weighted by molar-refractivity contribution is -0.122. The van der Waals surface area contributed by atoms with Crippen LogP contribution in [0.15, 0.2) is 54.9 Å². The minimum Gasteiger partial charge on any atom is -0.487 e. The van der Waals surface area contributed by atoms with Crippen LogP contribution in [0, 0.1) is 0 Å². The molecule has 0 atom stereocenters. The van der Waals surface area contributed by atoms with E-state index in [-0.39, 0.29) is 18.1 Å². The minimum absolute atomic E-state index is 0.109. The van der Waals surface area contributed by atoms with Crippen LogP contribution in [0.1, 0.15) is 30.5 Å². The molecule has 29 heavy (non-hydrogen) atoms. The van der Waals surface area contributed by atoms with Crippen LogP contribution in [-0.4, -0.2) is 26.3 Å². The summed E-state index contributed by atoms with van der Waals surface area (Å²) in [6, 6.07) is 16.0. The van der Waals surface area contributed by atoms with Crippen molar-refractivity contribution < 1.29 is 9.53 Å². The Morgan fingerprint density at radius 3 is 2.79 bits per heavy atom. The summed E-state index contributed by atoms with van der Waals surface area (Å²) in [6.45, 7) is 5.37. The number of ether oxygens (including phenoxy) is 1. The number of rotatable bonds is 7. The highest BCUT2D eigenvalue weighted by molar-refractivity contribution is 5.75. The van der Waals surface area contributed by atoms with E-state index in [4.69, 9.17) is 4.74 Å². The van der Waals surface area contributed by atoms with Gasteiger partial charge in [0.25, 0.3) is 0 Å². The number of nitrogens with one attached hydrogen (secondary N) is 2. The van der Waals surface area contributed by atoms with Crippen molar-refractivity contribution in [2.24, 2.45) is 0 Å². The Balaban J connectivity index is 1.30. The highest BCUT2D eigenvalue weighted by atomic mass is 16.5. The van der Waals surface area contributed by atoms with Gasteiger partial charge in [-0.05, 0) is 25.0 Å². The Bertz CT molecular complexity index is 997. The molecule has 7 heteroatoms. The van der Waals surface area contributed by atoms with Gasteiger partial charge in [-0.2, -0.15) is 0 Å². The van der Waals surface area contributed by atoms with Crippen LogP contribution in [-0.2, 0) is 30.8 Å². The molecule has 2 N–H and O–H groups in total. The molecule has 1 aromatic heterocycles. The molecule has 1 aliphatic heterocycles. The SMILES string of the molecule is CC1(C)Cc2cccc(CNc3ncn(CC(=O)NCc4ccccc4)n3)c2O1. The van der Waals surface area contributed by atoms with Gasteiger partial charge in [-0.15, -0.1) is 5.10 Å². The zero-order valence-corrected chi connectivity index (χ0v) is 16.7. The number of carbonyl (C=O) groups excluding carboxylic acids is 1. The number of hydrogen-bond donors (Lipinski definition) is 2. The van der Waals surface area contributed by atoms with E-state index in [0.29, 0.717) is 19.0 Å². The summed E-state index contributed by atoms with van der Waals surface area (Å²) in [5, 5.41) is 10.4. The third-order valence-corrected chi connectivity index (χ3v) is 4.78. The maximum atomic E-state index is 12.1. The van der Waals surface area contributed by atoms with E-state index in [2.05, 4.69) is 40.6 Å². The van der Waals surface area contributed by atoms with Crippen LogP contribution in [0.5, 0.6) is 5.75 Å². The van der Waals surface area contributed by atoms with Gasteiger partial charge in [0.2, 0.25) is 11.9 Å². The molecule has 0 bridgehead atoms. The summed E-state index contributed by atoms with van der Waals surface area (Å²) in [5.74, 6) is 1.32. The van der Waals surface area contributed by atoms with Gasteiger partial charge >= 0.3 is 0 Å². The molecule has 2 heterocycles. The van der Waals surface area contributed by atoms with E-state index in [1.165, 1.54) is 10.2 Å². The highest BCUT2D eigenvalue weighted by Crippen LogP contribution is 2.37. The first-order chi connectivity index (χ1) is 14.0. The molecule has 4 rings (SSSR count). The fraction of sp³-hybridized carbons (Fsp3) is 0.318. The van der Waals surface area contributed by atoms with Crippen molar-refractivity contribution in [3.8, 4) is 5.75 Å². The summed E-state index contributed by atoms with van der Waals surface area (Å²) in [6.07, 6.45) is 2.46. The molecule has 0 saturated carbocycles. The molecule has 1 aliphatic rings. The van der Waals surface area contributed by atoms with E-state index in [9.17, 15) is 4.79 Å². The van der Waals surface area contributed by atoms with Crippen LogP contribution in [0.3, 0.4) is 0 Å². The second-order valence-electron chi connectivity index (χ2n) is 7.83. The Labute approximate surface area is 170 Å². The van der Waals surface area contributed by atoms with Crippen molar-refractivity contribution in [3.05, 3.63) is 71.5 Å². The molecule has 0 saturated heterocycles. The Kier molecular flexibility index (Phi) is 5.20. The number of amides is 1. The van der Waals surface area contributed by atoms with E-state index in [0.717, 1.165) is 23.3 Å². The Morgan fingerprint density at radius 2 is 1.97 bits per heavy atom. The molecule has 0 radical (unpaired) electrons. The zero-order valence-electron chi connectivity index (χ0n) is 16.7. The summed E-state index contributed by atoms with van der Waals surface area (Å²) >= 11 is 0. The first kappa shape index (κ1) is 19.0. The average molecular weight is 391 g/mol. The van der Waals surface area contributed by atoms with Crippen molar-refractivity contribution in [3.63, 3.8) is 0 Å². The van der Waals surface area contributed by atoms with Gasteiger partial charge in [-0.3, -0.25) is 4.79 Å². The highest BCUT2D eigenvalue weighted by Gasteiger charge is 2.31. The Hall–Kier alpha value is -3.35. The number of carbonyl (C=O) groups is 1. The average Bonchev–Trinajstić information content (AvgIpc) is 3.27. The van der Waals surface area contributed by atoms with E-state index in [1.54, 1.807) is 6.33 Å². The lowest BCUT2D eigenvalue weighted by Gasteiger charge is -2.18. The lowest BCUT2D eigenvalue weighted by Crippen LogP contribution is -2.27. The number of aromatic nitrogens is 3. The topological polar surface area (TPSA) is 81.1 Å². The first-order valence-electron chi connectivity index (χ1n) is 9.72. The standard InChI is InChI=1S/C22H25N5O2/c1-22(2)11-17-9-6-10-18(20(17)29-22)13-24-21-25-15-27(26-21)14-19(28)23-12-16-7-4-3-5-8-16/h3-10,15H,11-14H2,1-2H3,(H,23,28)(H,24,26). The van der Waals surface area contributed by atoms with Crippen molar-refractivity contribution in [2.75, 3.05) is 5.32 Å². The van der Waals surface area contributed by atoms with Crippen LogP contribution >= 0.6 is 0 Å². The summed E-state index contributed by atoms with van der Waals surface area (Å²) < 4.78 is 7.62. The quantitative estimate of drug-likeness (QED) is 0.647. The zero-order chi connectivity index (χ0) is 20.3. The predicted octanol–water partition coefficient (Wildman–Crippen LogP) is 2.92. The van der Waals surface area contributed by atoms with Gasteiger partial charge in [0.1, 0.15) is 24.2 Å². The maximum absolute atomic E-state index is 12.1. The fourth-order valence-corrected chi connectivity index (χ4v) is 3.44. The molecule has 2 aromatic carbocycles. The third kappa shape index (κ3) is 4.74. The summed E-state index contributed by atoms with van der Waals surface area (Å²) in [7, 11) is 0. The van der Waals surface area contributed by atoms with E-state index >= 15 is 0 Å². The van der Waals surface area contributed by atoms with Gasteiger partial charge in [0, 0.05) is 25.1 Å². The number of para-hydroxylation sites is 1. The van der Waals surface area contributed by atoms with Crippen molar-refractivity contribution in [2.45, 2.75) is 45.5 Å². The molecule has 0 fully saturated rings. The molecule has 0 unspecified atom stereocenters. The third-order valence-electron chi connectivity index (χ3n) is 4.78. The normalized spacial score (nSPS) is 14.1. The maximum Gasteiger partial charge on any atom is 0.242 e. The molecular formula is C22H25N5O2. The number of benzene rings is 2. The monoisotopic (exact) mass is 391 g/mol. The van der Waals surface area contributed by atoms with Crippen LogP contribution < -0.4 is 15.4 Å². The van der Waals surface area contributed by atoms with E-state index in [1.807, 2.05) is 42.5 Å². The molecule has 7 nitrogen and oxygen atoms in total. The molecule has 1 amide bonds. The van der Waals surface area contributed by atoms with Crippen LogP contribution in [0.2, 0.25) is 0 Å². The summed E-state index contributed by atoms with van der Waals surface area (Å²) in [4.78, 5) is 16.4. The molecular weight excluding hydrogens is 366 g/mol. The second-order valence-corrected chi connectivity index (χ2v) is 7.83. The molecule has 0 spiro atoms. The molecule has 3 aromatic rings. The smallest absolute Gasteiger partial charge is 0.242 e. The molecule has 150 valence electrons.